The maximum Gasteiger partial charge on any atom is 0.183 e. The Kier molecular flexibility index (Phi) is 5.16. The van der Waals surface area contributed by atoms with E-state index >= 15 is 0 Å². The van der Waals surface area contributed by atoms with Crippen LogP contribution in [0.5, 0.6) is 0 Å². The van der Waals surface area contributed by atoms with Gasteiger partial charge in [0.2, 0.25) is 0 Å². The van der Waals surface area contributed by atoms with Gasteiger partial charge in [-0.25, -0.2) is 23.7 Å². The molecular weight excluding hydrogens is 350 g/mol. The first-order valence-electron chi connectivity index (χ1n) is 8.64. The summed E-state index contributed by atoms with van der Waals surface area (Å²) in [6, 6.07) is 1.28. The Balaban J connectivity index is 1.98. The number of aliphatic imine (C=N–C) groups is 1. The van der Waals surface area contributed by atoms with E-state index in [2.05, 4.69) is 57.7 Å². The molecule has 0 fully saturated rings. The maximum absolute atomic E-state index is 14.4. The molecule has 3 aromatic heterocycles. The van der Waals surface area contributed by atoms with E-state index < -0.39 is 11.6 Å². The van der Waals surface area contributed by atoms with E-state index in [-0.39, 0.29) is 23.1 Å². The monoisotopic (exact) mass is 372 g/mol. The number of halogens is 2. The fourth-order valence-corrected chi connectivity index (χ4v) is 2.87. The summed E-state index contributed by atoms with van der Waals surface area (Å²) in [5.41, 5.74) is 0.925. The molecular formula is C19H22F2N6. The number of hydrogen-bond donors (Lipinski definition) is 2. The zero-order valence-electron chi connectivity index (χ0n) is 15.6. The van der Waals surface area contributed by atoms with Crippen molar-refractivity contribution in [1.82, 2.24) is 19.9 Å². The van der Waals surface area contributed by atoms with E-state index in [4.69, 9.17) is 0 Å². The third-order valence-corrected chi connectivity index (χ3v) is 4.41. The number of rotatable bonds is 6. The van der Waals surface area contributed by atoms with Crippen LogP contribution in [-0.2, 0) is 0 Å². The first-order chi connectivity index (χ1) is 12.8. The Morgan fingerprint density at radius 1 is 1.26 bits per heavy atom. The van der Waals surface area contributed by atoms with Crippen LogP contribution in [0.3, 0.4) is 0 Å². The summed E-state index contributed by atoms with van der Waals surface area (Å²) >= 11 is 0. The number of pyridine rings is 1. The maximum atomic E-state index is 14.4. The van der Waals surface area contributed by atoms with Crippen molar-refractivity contribution >= 4 is 23.6 Å². The van der Waals surface area contributed by atoms with Crippen molar-refractivity contribution in [1.29, 1.82) is 0 Å². The van der Waals surface area contributed by atoms with E-state index in [9.17, 15) is 8.78 Å². The van der Waals surface area contributed by atoms with Gasteiger partial charge in [0.1, 0.15) is 11.5 Å². The number of fused-ring (bicyclic) bond motifs is 1. The molecule has 0 spiro atoms. The Morgan fingerprint density at radius 3 is 2.74 bits per heavy atom. The number of nitrogens with one attached hydrogen (secondary N) is 2. The molecule has 0 aliphatic rings. The Bertz CT molecular complexity index is 960. The Hall–Kier alpha value is -2.90. The molecule has 3 rings (SSSR count). The minimum absolute atomic E-state index is 0.0673. The number of hydrogen-bond acceptors (Lipinski definition) is 5. The summed E-state index contributed by atoms with van der Waals surface area (Å²) in [7, 11) is 0. The van der Waals surface area contributed by atoms with Gasteiger partial charge in [0, 0.05) is 29.7 Å². The summed E-state index contributed by atoms with van der Waals surface area (Å²) in [6.07, 6.45) is 4.56. The molecule has 142 valence electrons. The van der Waals surface area contributed by atoms with E-state index in [1.807, 2.05) is 0 Å². The molecule has 0 saturated heterocycles. The summed E-state index contributed by atoms with van der Waals surface area (Å²) in [5.74, 6) is -0.632. The first kappa shape index (κ1) is 18.9. The summed E-state index contributed by atoms with van der Waals surface area (Å²) in [4.78, 5) is 19.2. The molecule has 3 aromatic rings. The molecule has 8 heteroatoms. The minimum Gasteiger partial charge on any atom is -0.364 e. The van der Waals surface area contributed by atoms with Crippen LogP contribution in [0.2, 0.25) is 0 Å². The van der Waals surface area contributed by atoms with Crippen LogP contribution in [-0.4, -0.2) is 39.2 Å². The quantitative estimate of drug-likeness (QED) is 0.635. The number of H-pyrrole nitrogens is 1. The van der Waals surface area contributed by atoms with Crippen molar-refractivity contribution in [2.75, 3.05) is 11.9 Å². The van der Waals surface area contributed by atoms with Crippen LogP contribution < -0.4 is 5.32 Å². The van der Waals surface area contributed by atoms with Gasteiger partial charge in [0.25, 0.3) is 0 Å². The molecule has 0 aliphatic heterocycles. The Morgan fingerprint density at radius 2 is 2.04 bits per heavy atom. The zero-order chi connectivity index (χ0) is 19.6. The normalized spacial score (nSPS) is 12.9. The number of aromatic nitrogens is 4. The first-order valence-corrected chi connectivity index (χ1v) is 8.64. The lowest BCUT2D eigenvalue weighted by atomic mass is 9.84. The van der Waals surface area contributed by atoms with E-state index in [0.29, 0.717) is 29.6 Å². The van der Waals surface area contributed by atoms with Gasteiger partial charge < -0.3 is 15.3 Å². The number of anilines is 1. The highest BCUT2D eigenvalue weighted by Crippen LogP contribution is 2.29. The van der Waals surface area contributed by atoms with Crippen LogP contribution in [0.15, 0.2) is 29.6 Å². The highest BCUT2D eigenvalue weighted by atomic mass is 19.1. The smallest absolute Gasteiger partial charge is 0.183 e. The van der Waals surface area contributed by atoms with Crippen LogP contribution >= 0.6 is 0 Å². The summed E-state index contributed by atoms with van der Waals surface area (Å²) in [5, 5.41) is 3.71. The topological polar surface area (TPSA) is 78.9 Å². The van der Waals surface area contributed by atoms with Gasteiger partial charge >= 0.3 is 0 Å². The molecule has 0 radical (unpaired) electrons. The molecule has 0 amide bonds. The van der Waals surface area contributed by atoms with Gasteiger partial charge in [-0.1, -0.05) is 20.8 Å². The van der Waals surface area contributed by atoms with Gasteiger partial charge in [-0.3, -0.25) is 0 Å². The van der Waals surface area contributed by atoms with Crippen molar-refractivity contribution in [2.45, 2.75) is 33.2 Å². The second-order valence-corrected chi connectivity index (χ2v) is 7.44. The minimum atomic E-state index is -0.552. The molecule has 27 heavy (non-hydrogen) atoms. The van der Waals surface area contributed by atoms with Gasteiger partial charge in [-0.05, 0) is 24.6 Å². The van der Waals surface area contributed by atoms with Gasteiger partial charge in [0.15, 0.2) is 17.5 Å². The largest absolute Gasteiger partial charge is 0.364 e. The highest BCUT2D eigenvalue weighted by molar-refractivity contribution is 5.91. The SMILES string of the molecule is C=NCCC(Nc1nc(-c2c[nH]c3ncc(F)cc23)ncc1F)C(C)(C)C. The van der Waals surface area contributed by atoms with Crippen molar-refractivity contribution in [3.8, 4) is 11.4 Å². The van der Waals surface area contributed by atoms with Crippen LogP contribution in [0.4, 0.5) is 14.6 Å². The molecule has 0 bridgehead atoms. The van der Waals surface area contributed by atoms with E-state index in [1.54, 1.807) is 6.20 Å². The predicted molar refractivity (Wildman–Crippen MR) is 103 cm³/mol. The highest BCUT2D eigenvalue weighted by Gasteiger charge is 2.26. The van der Waals surface area contributed by atoms with Crippen molar-refractivity contribution in [2.24, 2.45) is 10.4 Å². The van der Waals surface area contributed by atoms with Crippen molar-refractivity contribution in [3.63, 3.8) is 0 Å². The average molecular weight is 372 g/mol. The molecule has 0 saturated carbocycles. The molecule has 2 N–H and O–H groups in total. The summed E-state index contributed by atoms with van der Waals surface area (Å²) in [6.45, 7) is 10.2. The molecule has 0 aromatic carbocycles. The fraction of sp³-hybridized carbons (Fsp3) is 0.368. The fourth-order valence-electron chi connectivity index (χ4n) is 2.87. The van der Waals surface area contributed by atoms with Crippen LogP contribution in [0, 0.1) is 17.0 Å². The molecule has 1 atom stereocenters. The number of aromatic amines is 1. The van der Waals surface area contributed by atoms with E-state index in [1.165, 1.54) is 6.07 Å². The lowest BCUT2D eigenvalue weighted by molar-refractivity contribution is 0.327. The second-order valence-electron chi connectivity index (χ2n) is 7.44. The van der Waals surface area contributed by atoms with Crippen molar-refractivity contribution < 1.29 is 8.78 Å². The lowest BCUT2D eigenvalue weighted by Crippen LogP contribution is -2.35. The van der Waals surface area contributed by atoms with E-state index in [0.717, 1.165) is 12.4 Å². The molecule has 6 nitrogen and oxygen atoms in total. The third kappa shape index (κ3) is 4.10. The standard InChI is InChI=1S/C19H22F2N6/c1-19(2,3)15(5-6-22-4)26-18-14(21)10-25-17(27-18)13-9-24-16-12(13)7-11(20)8-23-16/h7-10,15H,4-6H2,1-3H3,(H,23,24)(H,25,26,27). The van der Waals surface area contributed by atoms with Gasteiger partial charge in [-0.15, -0.1) is 0 Å². The van der Waals surface area contributed by atoms with Crippen LogP contribution in [0.1, 0.15) is 27.2 Å². The predicted octanol–water partition coefficient (Wildman–Crippen LogP) is 4.22. The zero-order valence-corrected chi connectivity index (χ0v) is 15.6. The van der Waals surface area contributed by atoms with Gasteiger partial charge in [0.05, 0.1) is 12.4 Å². The molecule has 0 aliphatic carbocycles. The number of nitrogens with zero attached hydrogens (tertiary/aromatic N) is 4. The molecule has 3 heterocycles. The average Bonchev–Trinajstić information content (AvgIpc) is 3.02. The second kappa shape index (κ2) is 7.38. The van der Waals surface area contributed by atoms with Gasteiger partial charge in [-0.2, -0.15) is 0 Å². The van der Waals surface area contributed by atoms with Crippen LogP contribution in [0.25, 0.3) is 22.4 Å². The lowest BCUT2D eigenvalue weighted by Gasteiger charge is -2.31. The summed E-state index contributed by atoms with van der Waals surface area (Å²) < 4.78 is 27.9. The molecule has 1 unspecified atom stereocenters. The Labute approximate surface area is 156 Å². The van der Waals surface area contributed by atoms with Crippen molar-refractivity contribution in [3.05, 3.63) is 36.3 Å². The third-order valence-electron chi connectivity index (χ3n) is 4.41.